The van der Waals surface area contributed by atoms with Crippen molar-refractivity contribution in [2.75, 3.05) is 20.2 Å². The number of aliphatic imine (C=N–C) groups is 1. The highest BCUT2D eigenvalue weighted by Gasteiger charge is 2.57. The van der Waals surface area contributed by atoms with Crippen LogP contribution in [-0.4, -0.2) is 42.7 Å². The predicted molar refractivity (Wildman–Crippen MR) is 102 cm³/mol. The molecule has 0 aromatic heterocycles. The van der Waals surface area contributed by atoms with Crippen molar-refractivity contribution in [3.63, 3.8) is 0 Å². The van der Waals surface area contributed by atoms with Crippen LogP contribution in [0, 0.1) is 6.92 Å². The minimum absolute atomic E-state index is 0.0668. The third kappa shape index (κ3) is 3.71. The smallest absolute Gasteiger partial charge is 0.425 e. The van der Waals surface area contributed by atoms with Crippen molar-refractivity contribution in [3.05, 3.63) is 59.2 Å². The lowest BCUT2D eigenvalue weighted by Gasteiger charge is -2.33. The third-order valence-corrected chi connectivity index (χ3v) is 5.01. The minimum atomic E-state index is -4.94. The number of benzene rings is 2. The van der Waals surface area contributed by atoms with E-state index < -0.39 is 11.8 Å². The largest absolute Gasteiger partial charge is 0.496 e. The van der Waals surface area contributed by atoms with Gasteiger partial charge in [-0.15, -0.1) is 0 Å². The van der Waals surface area contributed by atoms with Crippen molar-refractivity contribution in [3.8, 4) is 5.75 Å². The number of halogens is 3. The summed E-state index contributed by atoms with van der Waals surface area (Å²) in [6.45, 7) is 3.50. The van der Waals surface area contributed by atoms with E-state index in [0.717, 1.165) is 25.9 Å². The molecule has 0 saturated carbocycles. The maximum absolute atomic E-state index is 14.0. The number of rotatable bonds is 5. The topological polar surface area (TPSA) is 45.1 Å². The number of alkyl halides is 3. The zero-order valence-corrected chi connectivity index (χ0v) is 15.8. The molecule has 0 radical (unpaired) electrons. The number of hydrogen-bond donors (Lipinski definition) is 1. The van der Waals surface area contributed by atoms with Gasteiger partial charge < -0.3 is 14.7 Å². The molecule has 3 rings (SSSR count). The van der Waals surface area contributed by atoms with Crippen LogP contribution >= 0.6 is 0 Å². The Labute approximate surface area is 162 Å². The Bertz CT molecular complexity index is 847. The quantitative estimate of drug-likeness (QED) is 0.599. The lowest BCUT2D eigenvalue weighted by molar-refractivity contribution is -0.248. The molecule has 0 aliphatic carbocycles. The van der Waals surface area contributed by atoms with Gasteiger partial charge in [0.25, 0.3) is 0 Å². The van der Waals surface area contributed by atoms with Crippen LogP contribution in [-0.2, 0) is 5.60 Å². The first-order valence-corrected chi connectivity index (χ1v) is 9.09. The maximum Gasteiger partial charge on any atom is 0.425 e. The standard InChI is InChI=1S/C21H23F3N2O2/c1-15-12-17(20(27,21(22,23)24)16-8-4-3-5-9-16)19(28-2)13-18(15)25-14-26-10-6-7-11-26/h3-5,8-9,12-14,27H,6-7,10-11H2,1-2H3. The van der Waals surface area contributed by atoms with E-state index in [0.29, 0.717) is 11.3 Å². The molecule has 1 atom stereocenters. The maximum atomic E-state index is 14.0. The zero-order valence-electron chi connectivity index (χ0n) is 15.8. The minimum Gasteiger partial charge on any atom is -0.496 e. The van der Waals surface area contributed by atoms with Crippen LogP contribution in [0.15, 0.2) is 47.5 Å². The number of aliphatic hydroxyl groups is 1. The summed E-state index contributed by atoms with van der Waals surface area (Å²) in [6, 6.07) is 9.76. The molecule has 7 heteroatoms. The van der Waals surface area contributed by atoms with Crippen molar-refractivity contribution >= 4 is 12.0 Å². The van der Waals surface area contributed by atoms with Gasteiger partial charge in [0, 0.05) is 24.7 Å². The number of ether oxygens (including phenoxy) is 1. The predicted octanol–water partition coefficient (Wildman–Crippen LogP) is 4.56. The Hall–Kier alpha value is -2.54. The van der Waals surface area contributed by atoms with Gasteiger partial charge in [-0.2, -0.15) is 13.2 Å². The fraction of sp³-hybridized carbons (Fsp3) is 0.381. The second kappa shape index (κ2) is 7.83. The summed E-state index contributed by atoms with van der Waals surface area (Å²) in [4.78, 5) is 6.48. The molecule has 0 amide bonds. The van der Waals surface area contributed by atoms with Gasteiger partial charge in [-0.05, 0) is 37.0 Å². The molecule has 28 heavy (non-hydrogen) atoms. The number of likely N-dealkylation sites (tertiary alicyclic amines) is 1. The van der Waals surface area contributed by atoms with Crippen LogP contribution in [0.5, 0.6) is 5.75 Å². The van der Waals surface area contributed by atoms with Crippen molar-refractivity contribution in [2.24, 2.45) is 4.99 Å². The molecule has 2 aromatic rings. The van der Waals surface area contributed by atoms with Gasteiger partial charge in [0.05, 0.1) is 19.1 Å². The summed E-state index contributed by atoms with van der Waals surface area (Å²) in [5.41, 5.74) is -2.79. The van der Waals surface area contributed by atoms with Gasteiger partial charge in [-0.25, -0.2) is 4.99 Å². The van der Waals surface area contributed by atoms with Crippen LogP contribution in [0.25, 0.3) is 0 Å². The first-order valence-electron chi connectivity index (χ1n) is 9.09. The van der Waals surface area contributed by atoms with Gasteiger partial charge in [0.2, 0.25) is 5.60 Å². The number of methoxy groups -OCH3 is 1. The fourth-order valence-corrected chi connectivity index (χ4v) is 3.42. The van der Waals surface area contributed by atoms with Gasteiger partial charge in [0.15, 0.2) is 0 Å². The van der Waals surface area contributed by atoms with E-state index >= 15 is 0 Å². The third-order valence-electron chi connectivity index (χ3n) is 5.01. The molecule has 1 heterocycles. The zero-order chi connectivity index (χ0) is 20.4. The van der Waals surface area contributed by atoms with Crippen LogP contribution in [0.3, 0.4) is 0 Å². The van der Waals surface area contributed by atoms with Gasteiger partial charge in [-0.1, -0.05) is 30.3 Å². The molecular weight excluding hydrogens is 369 g/mol. The lowest BCUT2D eigenvalue weighted by Crippen LogP contribution is -2.43. The Morgan fingerprint density at radius 1 is 1.11 bits per heavy atom. The molecule has 0 bridgehead atoms. The summed E-state index contributed by atoms with van der Waals surface area (Å²) in [5, 5.41) is 10.9. The van der Waals surface area contributed by atoms with Crippen molar-refractivity contribution in [2.45, 2.75) is 31.5 Å². The molecule has 1 saturated heterocycles. The Morgan fingerprint density at radius 2 is 1.75 bits per heavy atom. The second-order valence-electron chi connectivity index (χ2n) is 6.90. The molecule has 1 aliphatic rings. The van der Waals surface area contributed by atoms with E-state index in [1.807, 2.05) is 0 Å². The summed E-state index contributed by atoms with van der Waals surface area (Å²) < 4.78 is 47.3. The van der Waals surface area contributed by atoms with E-state index in [-0.39, 0.29) is 16.9 Å². The molecule has 1 unspecified atom stereocenters. The van der Waals surface area contributed by atoms with Crippen LogP contribution < -0.4 is 4.74 Å². The molecule has 4 nitrogen and oxygen atoms in total. The monoisotopic (exact) mass is 392 g/mol. The number of aryl methyl sites for hydroxylation is 1. The van der Waals surface area contributed by atoms with Gasteiger partial charge in [-0.3, -0.25) is 0 Å². The van der Waals surface area contributed by atoms with Gasteiger partial charge >= 0.3 is 6.18 Å². The Kier molecular flexibility index (Phi) is 5.65. The summed E-state index contributed by atoms with van der Waals surface area (Å²) in [7, 11) is 1.28. The normalized spacial score (nSPS) is 17.1. The van der Waals surface area contributed by atoms with E-state index in [1.165, 1.54) is 43.5 Å². The lowest BCUT2D eigenvalue weighted by atomic mass is 9.84. The van der Waals surface area contributed by atoms with E-state index in [1.54, 1.807) is 19.3 Å². The molecule has 150 valence electrons. The summed E-state index contributed by atoms with van der Waals surface area (Å²) >= 11 is 0. The molecule has 1 N–H and O–H groups in total. The Morgan fingerprint density at radius 3 is 2.32 bits per heavy atom. The van der Waals surface area contributed by atoms with Crippen LogP contribution in [0.1, 0.15) is 29.5 Å². The van der Waals surface area contributed by atoms with Crippen molar-refractivity contribution < 1.29 is 23.0 Å². The highest BCUT2D eigenvalue weighted by atomic mass is 19.4. The molecule has 1 fully saturated rings. The van der Waals surface area contributed by atoms with E-state index in [2.05, 4.69) is 9.89 Å². The molecule has 1 aliphatic heterocycles. The molecule has 0 spiro atoms. The van der Waals surface area contributed by atoms with Crippen molar-refractivity contribution in [1.29, 1.82) is 0 Å². The first kappa shape index (κ1) is 20.2. The highest BCUT2D eigenvalue weighted by Crippen LogP contribution is 2.48. The number of hydrogen-bond acceptors (Lipinski definition) is 3. The van der Waals surface area contributed by atoms with Crippen LogP contribution in [0.2, 0.25) is 0 Å². The second-order valence-corrected chi connectivity index (χ2v) is 6.90. The summed E-state index contributed by atoms with van der Waals surface area (Å²) in [5.74, 6) is -0.0668. The summed E-state index contributed by atoms with van der Waals surface area (Å²) in [6.07, 6.45) is -1.03. The van der Waals surface area contributed by atoms with Gasteiger partial charge in [0.1, 0.15) is 5.75 Å². The average Bonchev–Trinajstić information content (AvgIpc) is 3.19. The number of nitrogens with zero attached hydrogens (tertiary/aromatic N) is 2. The SMILES string of the molecule is COc1cc(N=CN2CCCC2)c(C)cc1C(O)(c1ccccc1)C(F)(F)F. The van der Waals surface area contributed by atoms with Crippen molar-refractivity contribution in [1.82, 2.24) is 4.90 Å². The van der Waals surface area contributed by atoms with Crippen LogP contribution in [0.4, 0.5) is 18.9 Å². The highest BCUT2D eigenvalue weighted by molar-refractivity contribution is 5.66. The molecule has 2 aromatic carbocycles. The molecular formula is C21H23F3N2O2. The van der Waals surface area contributed by atoms with E-state index in [4.69, 9.17) is 4.74 Å². The first-order chi connectivity index (χ1) is 13.3. The average molecular weight is 392 g/mol. The Balaban J connectivity index is 2.10. The fourth-order valence-electron chi connectivity index (χ4n) is 3.42. The van der Waals surface area contributed by atoms with E-state index in [9.17, 15) is 18.3 Å².